The molecule has 3 heterocycles. The second-order valence-corrected chi connectivity index (χ2v) is 8.51. The highest BCUT2D eigenvalue weighted by Gasteiger charge is 2.34. The fourth-order valence-corrected chi connectivity index (χ4v) is 4.48. The Hall–Kier alpha value is -3.68. The fourth-order valence-electron chi connectivity index (χ4n) is 4.48. The van der Waals surface area contributed by atoms with Gasteiger partial charge in [0, 0.05) is 37.2 Å². The smallest absolute Gasteiger partial charge is 0.272 e. The van der Waals surface area contributed by atoms with Crippen molar-refractivity contribution in [3.8, 4) is 5.75 Å². The first-order chi connectivity index (χ1) is 15.9. The number of hydrogen-bond acceptors (Lipinski definition) is 4. The lowest BCUT2D eigenvalue weighted by molar-refractivity contribution is 0.0670. The number of carbonyl (C=O) groups is 2. The van der Waals surface area contributed by atoms with Crippen molar-refractivity contribution >= 4 is 11.8 Å². The van der Waals surface area contributed by atoms with E-state index in [1.807, 2.05) is 29.2 Å². The number of fused-ring (bicyclic) bond motifs is 3. The quantitative estimate of drug-likeness (QED) is 0.615. The number of halogens is 1. The molecule has 0 unspecified atom stereocenters. The third-order valence-electron chi connectivity index (χ3n) is 6.41. The first-order valence-corrected chi connectivity index (χ1v) is 11.0. The van der Waals surface area contributed by atoms with Crippen molar-refractivity contribution in [3.63, 3.8) is 0 Å². The second-order valence-electron chi connectivity index (χ2n) is 8.51. The standard InChI is InChI=1S/C25H25FN4O3/c1-16-3-6-18(13-21(16)26)24(31)28-10-9-22-20(15-28)23-25(32)29(11-12-30(23)27-22)14-17-4-7-19(33-2)8-5-17/h3-8,13H,9-12,14-15H2,1-2H3. The van der Waals surface area contributed by atoms with Crippen molar-refractivity contribution in [1.29, 1.82) is 0 Å². The van der Waals surface area contributed by atoms with Crippen LogP contribution in [0.2, 0.25) is 0 Å². The molecule has 0 atom stereocenters. The molecule has 0 bridgehead atoms. The van der Waals surface area contributed by atoms with Crippen molar-refractivity contribution in [2.75, 3.05) is 20.2 Å². The number of nitrogens with zero attached hydrogens (tertiary/aromatic N) is 4. The van der Waals surface area contributed by atoms with Crippen LogP contribution in [-0.2, 0) is 26.1 Å². The molecule has 2 aromatic carbocycles. The molecule has 8 heteroatoms. The van der Waals surface area contributed by atoms with Gasteiger partial charge >= 0.3 is 0 Å². The van der Waals surface area contributed by atoms with Gasteiger partial charge in [-0.1, -0.05) is 18.2 Å². The van der Waals surface area contributed by atoms with Crippen molar-refractivity contribution < 1.29 is 18.7 Å². The summed E-state index contributed by atoms with van der Waals surface area (Å²) in [7, 11) is 1.62. The van der Waals surface area contributed by atoms with E-state index in [-0.39, 0.29) is 11.8 Å². The zero-order valence-electron chi connectivity index (χ0n) is 18.7. The van der Waals surface area contributed by atoms with E-state index >= 15 is 0 Å². The molecular formula is C25H25FN4O3. The van der Waals surface area contributed by atoms with E-state index in [0.29, 0.717) is 56.0 Å². The van der Waals surface area contributed by atoms with E-state index in [2.05, 4.69) is 5.10 Å². The van der Waals surface area contributed by atoms with E-state index in [1.165, 1.54) is 6.07 Å². The molecular weight excluding hydrogens is 423 g/mol. The Morgan fingerprint density at radius 3 is 2.64 bits per heavy atom. The molecule has 7 nitrogen and oxygen atoms in total. The molecule has 0 spiro atoms. The summed E-state index contributed by atoms with van der Waals surface area (Å²) in [5, 5.41) is 4.65. The maximum atomic E-state index is 14.0. The van der Waals surface area contributed by atoms with Crippen LogP contribution in [0.3, 0.4) is 0 Å². The maximum Gasteiger partial charge on any atom is 0.272 e. The van der Waals surface area contributed by atoms with Gasteiger partial charge in [-0.2, -0.15) is 5.10 Å². The molecule has 0 N–H and O–H groups in total. The molecule has 0 saturated carbocycles. The highest BCUT2D eigenvalue weighted by atomic mass is 19.1. The van der Waals surface area contributed by atoms with Crippen LogP contribution in [0, 0.1) is 12.7 Å². The number of aryl methyl sites for hydroxylation is 1. The maximum absolute atomic E-state index is 14.0. The zero-order chi connectivity index (χ0) is 23.1. The van der Waals surface area contributed by atoms with Gasteiger partial charge in [0.05, 0.1) is 25.9 Å². The molecule has 0 saturated heterocycles. The van der Waals surface area contributed by atoms with Gasteiger partial charge in [0.2, 0.25) is 0 Å². The lowest BCUT2D eigenvalue weighted by atomic mass is 10.0. The highest BCUT2D eigenvalue weighted by molar-refractivity contribution is 5.96. The average Bonchev–Trinajstić information content (AvgIpc) is 3.21. The Balaban J connectivity index is 1.37. The average molecular weight is 448 g/mol. The Morgan fingerprint density at radius 2 is 1.91 bits per heavy atom. The number of carbonyl (C=O) groups excluding carboxylic acids is 2. The van der Waals surface area contributed by atoms with Crippen LogP contribution in [0.1, 0.15) is 43.2 Å². The molecule has 3 aromatic rings. The molecule has 0 fully saturated rings. The zero-order valence-corrected chi connectivity index (χ0v) is 18.7. The first kappa shape index (κ1) is 21.2. The number of rotatable bonds is 4. The van der Waals surface area contributed by atoms with Gasteiger partial charge in [-0.15, -0.1) is 0 Å². The summed E-state index contributed by atoms with van der Waals surface area (Å²) in [6.45, 7) is 4.13. The number of amides is 2. The molecule has 2 amide bonds. The van der Waals surface area contributed by atoms with Crippen molar-refractivity contribution in [2.24, 2.45) is 0 Å². The SMILES string of the molecule is COc1ccc(CN2CCn3nc4c(c3C2=O)CN(C(=O)c2ccc(C)c(F)c2)CC4)cc1. The van der Waals surface area contributed by atoms with Crippen LogP contribution in [0.15, 0.2) is 42.5 Å². The minimum Gasteiger partial charge on any atom is -0.497 e. The Kier molecular flexibility index (Phi) is 5.36. The summed E-state index contributed by atoms with van der Waals surface area (Å²) >= 11 is 0. The van der Waals surface area contributed by atoms with E-state index in [4.69, 9.17) is 4.74 Å². The molecule has 0 aliphatic carbocycles. The second kappa shape index (κ2) is 8.35. The summed E-state index contributed by atoms with van der Waals surface area (Å²) in [6, 6.07) is 12.2. The van der Waals surface area contributed by atoms with Crippen LogP contribution >= 0.6 is 0 Å². The van der Waals surface area contributed by atoms with Crippen LogP contribution in [0.5, 0.6) is 5.75 Å². The van der Waals surface area contributed by atoms with Crippen LogP contribution in [-0.4, -0.2) is 51.6 Å². The first-order valence-electron chi connectivity index (χ1n) is 11.0. The largest absolute Gasteiger partial charge is 0.497 e. The fraction of sp³-hybridized carbons (Fsp3) is 0.320. The van der Waals surface area contributed by atoms with Gasteiger partial charge in [-0.05, 0) is 42.3 Å². The molecule has 0 radical (unpaired) electrons. The molecule has 2 aliphatic rings. The highest BCUT2D eigenvalue weighted by Crippen LogP contribution is 2.28. The topological polar surface area (TPSA) is 67.7 Å². The summed E-state index contributed by atoms with van der Waals surface area (Å²) in [4.78, 5) is 29.9. The van der Waals surface area contributed by atoms with Gasteiger partial charge in [-0.3, -0.25) is 14.3 Å². The van der Waals surface area contributed by atoms with E-state index in [0.717, 1.165) is 22.6 Å². The lowest BCUT2D eigenvalue weighted by Crippen LogP contribution is -2.41. The van der Waals surface area contributed by atoms with E-state index in [1.54, 1.807) is 35.7 Å². The summed E-state index contributed by atoms with van der Waals surface area (Å²) in [5.74, 6) is 0.0549. The Labute approximate surface area is 191 Å². The number of ether oxygens (including phenoxy) is 1. The van der Waals surface area contributed by atoms with Crippen LogP contribution < -0.4 is 4.74 Å². The molecule has 170 valence electrons. The lowest BCUT2D eigenvalue weighted by Gasteiger charge is -2.30. The summed E-state index contributed by atoms with van der Waals surface area (Å²) in [6.07, 6.45) is 0.571. The van der Waals surface area contributed by atoms with E-state index < -0.39 is 5.82 Å². The Bertz CT molecular complexity index is 1240. The number of methoxy groups -OCH3 is 1. The van der Waals surface area contributed by atoms with Gasteiger partial charge in [-0.25, -0.2) is 4.39 Å². The van der Waals surface area contributed by atoms with Gasteiger partial charge in [0.1, 0.15) is 17.3 Å². The van der Waals surface area contributed by atoms with E-state index in [9.17, 15) is 14.0 Å². The molecule has 2 aliphatic heterocycles. The van der Waals surface area contributed by atoms with Crippen molar-refractivity contribution in [3.05, 3.63) is 81.9 Å². The Morgan fingerprint density at radius 1 is 1.12 bits per heavy atom. The number of hydrogen-bond donors (Lipinski definition) is 0. The predicted molar refractivity (Wildman–Crippen MR) is 120 cm³/mol. The molecule has 1 aromatic heterocycles. The normalized spacial score (nSPS) is 15.3. The van der Waals surface area contributed by atoms with Gasteiger partial charge < -0.3 is 14.5 Å². The monoisotopic (exact) mass is 448 g/mol. The van der Waals surface area contributed by atoms with Crippen molar-refractivity contribution in [2.45, 2.75) is 33.0 Å². The summed E-state index contributed by atoms with van der Waals surface area (Å²) < 4.78 is 21.0. The predicted octanol–water partition coefficient (Wildman–Crippen LogP) is 3.19. The minimum atomic E-state index is -0.397. The number of aromatic nitrogens is 2. The number of benzene rings is 2. The van der Waals surface area contributed by atoms with Crippen LogP contribution in [0.4, 0.5) is 4.39 Å². The van der Waals surface area contributed by atoms with Crippen LogP contribution in [0.25, 0.3) is 0 Å². The van der Waals surface area contributed by atoms with Crippen molar-refractivity contribution in [1.82, 2.24) is 19.6 Å². The molecule has 33 heavy (non-hydrogen) atoms. The molecule has 5 rings (SSSR count). The third-order valence-corrected chi connectivity index (χ3v) is 6.41. The minimum absolute atomic E-state index is 0.0819. The summed E-state index contributed by atoms with van der Waals surface area (Å²) in [5.41, 5.74) is 4.05. The third kappa shape index (κ3) is 3.86. The van der Waals surface area contributed by atoms with Gasteiger partial charge in [0.15, 0.2) is 0 Å². The van der Waals surface area contributed by atoms with Gasteiger partial charge in [0.25, 0.3) is 11.8 Å².